The molecule has 0 saturated heterocycles. The summed E-state index contributed by atoms with van der Waals surface area (Å²) in [6.45, 7) is 4.30. The molecule has 104 valence electrons. The Morgan fingerprint density at radius 2 is 2.16 bits per heavy atom. The predicted octanol–water partition coefficient (Wildman–Crippen LogP) is 2.15. The van der Waals surface area contributed by atoms with Crippen LogP contribution in [0.3, 0.4) is 0 Å². The molecule has 0 heterocycles. The summed E-state index contributed by atoms with van der Waals surface area (Å²) >= 11 is 0. The molecule has 1 unspecified atom stereocenters. The summed E-state index contributed by atoms with van der Waals surface area (Å²) < 4.78 is 0. The van der Waals surface area contributed by atoms with Gasteiger partial charge < -0.3 is 11.1 Å². The standard InChI is InChI=1S/C13H19N3O3/c1-9(2)6-10(8-14)13(17)15-11-4-3-5-12(7-11)16(18)19/h3-5,7,9-10H,6,8,14H2,1-2H3,(H,15,17). The van der Waals surface area contributed by atoms with E-state index in [1.165, 1.54) is 18.2 Å². The fraction of sp³-hybridized carbons (Fsp3) is 0.462. The van der Waals surface area contributed by atoms with E-state index < -0.39 is 4.92 Å². The molecule has 1 aromatic carbocycles. The quantitative estimate of drug-likeness (QED) is 0.608. The largest absolute Gasteiger partial charge is 0.330 e. The molecule has 1 aromatic rings. The maximum Gasteiger partial charge on any atom is 0.271 e. The molecule has 0 aliphatic rings. The SMILES string of the molecule is CC(C)CC(CN)C(=O)Nc1cccc([N+](=O)[O-])c1. The van der Waals surface area contributed by atoms with E-state index in [4.69, 9.17) is 5.73 Å². The highest BCUT2D eigenvalue weighted by molar-refractivity contribution is 5.93. The minimum absolute atomic E-state index is 0.0500. The van der Waals surface area contributed by atoms with Crippen LogP contribution < -0.4 is 11.1 Å². The van der Waals surface area contributed by atoms with Gasteiger partial charge in [-0.25, -0.2) is 0 Å². The second-order valence-electron chi connectivity index (χ2n) is 4.86. The first-order chi connectivity index (χ1) is 8.93. The van der Waals surface area contributed by atoms with Crippen molar-refractivity contribution < 1.29 is 9.72 Å². The number of nitro groups is 1. The summed E-state index contributed by atoms with van der Waals surface area (Å²) in [6, 6.07) is 5.87. The lowest BCUT2D eigenvalue weighted by Gasteiger charge is -2.16. The Balaban J connectivity index is 2.75. The van der Waals surface area contributed by atoms with Gasteiger partial charge in [-0.1, -0.05) is 19.9 Å². The van der Waals surface area contributed by atoms with E-state index in [-0.39, 0.29) is 24.1 Å². The van der Waals surface area contributed by atoms with Gasteiger partial charge in [-0.05, 0) is 18.4 Å². The van der Waals surface area contributed by atoms with Crippen molar-refractivity contribution in [3.63, 3.8) is 0 Å². The van der Waals surface area contributed by atoms with Gasteiger partial charge >= 0.3 is 0 Å². The van der Waals surface area contributed by atoms with Crippen LogP contribution in [0.15, 0.2) is 24.3 Å². The van der Waals surface area contributed by atoms with Gasteiger partial charge in [-0.15, -0.1) is 0 Å². The third-order valence-electron chi connectivity index (χ3n) is 2.74. The third-order valence-corrected chi connectivity index (χ3v) is 2.74. The zero-order valence-corrected chi connectivity index (χ0v) is 11.1. The molecule has 0 aromatic heterocycles. The summed E-state index contributed by atoms with van der Waals surface area (Å²) in [5.74, 6) is -0.111. The molecule has 1 atom stereocenters. The first-order valence-electron chi connectivity index (χ1n) is 6.19. The van der Waals surface area contributed by atoms with Crippen molar-refractivity contribution in [1.82, 2.24) is 0 Å². The van der Waals surface area contributed by atoms with Gasteiger partial charge in [0.15, 0.2) is 0 Å². The number of carbonyl (C=O) groups is 1. The van der Waals surface area contributed by atoms with Crippen molar-refractivity contribution in [2.45, 2.75) is 20.3 Å². The Hall–Kier alpha value is -1.95. The first-order valence-corrected chi connectivity index (χ1v) is 6.19. The van der Waals surface area contributed by atoms with Crippen molar-refractivity contribution in [3.8, 4) is 0 Å². The Kier molecular flexibility index (Phi) is 5.44. The summed E-state index contributed by atoms with van der Waals surface area (Å²) in [6.07, 6.45) is 0.692. The molecule has 0 bridgehead atoms. The van der Waals surface area contributed by atoms with E-state index in [0.29, 0.717) is 18.0 Å². The average molecular weight is 265 g/mol. The van der Waals surface area contributed by atoms with E-state index in [0.717, 1.165) is 0 Å². The highest BCUT2D eigenvalue weighted by atomic mass is 16.6. The zero-order chi connectivity index (χ0) is 14.4. The van der Waals surface area contributed by atoms with Gasteiger partial charge in [-0.3, -0.25) is 14.9 Å². The number of nitrogens with two attached hydrogens (primary N) is 1. The Bertz CT molecular complexity index is 460. The number of rotatable bonds is 6. The van der Waals surface area contributed by atoms with Crippen LogP contribution in [-0.4, -0.2) is 17.4 Å². The van der Waals surface area contributed by atoms with E-state index in [1.807, 2.05) is 13.8 Å². The molecule has 1 amide bonds. The Morgan fingerprint density at radius 3 is 2.68 bits per heavy atom. The Labute approximate surface area is 112 Å². The fourth-order valence-electron chi connectivity index (χ4n) is 1.82. The molecular weight excluding hydrogens is 246 g/mol. The predicted molar refractivity (Wildman–Crippen MR) is 73.7 cm³/mol. The van der Waals surface area contributed by atoms with Gasteiger partial charge in [0, 0.05) is 24.4 Å². The van der Waals surface area contributed by atoms with Crippen molar-refractivity contribution in [3.05, 3.63) is 34.4 Å². The second-order valence-corrected chi connectivity index (χ2v) is 4.86. The summed E-state index contributed by atoms with van der Waals surface area (Å²) in [7, 11) is 0. The molecule has 3 N–H and O–H groups in total. The summed E-state index contributed by atoms with van der Waals surface area (Å²) in [5.41, 5.74) is 5.95. The van der Waals surface area contributed by atoms with Gasteiger partial charge in [-0.2, -0.15) is 0 Å². The lowest BCUT2D eigenvalue weighted by molar-refractivity contribution is -0.384. The van der Waals surface area contributed by atoms with Crippen LogP contribution in [0.5, 0.6) is 0 Å². The summed E-state index contributed by atoms with van der Waals surface area (Å²) in [4.78, 5) is 22.2. The number of carbonyl (C=O) groups excluding carboxylic acids is 1. The number of benzene rings is 1. The normalized spacial score (nSPS) is 12.2. The lowest BCUT2D eigenvalue weighted by Crippen LogP contribution is -2.30. The van der Waals surface area contributed by atoms with Gasteiger partial charge in [0.25, 0.3) is 5.69 Å². The minimum atomic E-state index is -0.496. The molecule has 0 saturated carbocycles. The van der Waals surface area contributed by atoms with Gasteiger partial charge in [0.1, 0.15) is 0 Å². The molecular formula is C13H19N3O3. The minimum Gasteiger partial charge on any atom is -0.330 e. The number of nitrogens with one attached hydrogen (secondary N) is 1. The van der Waals surface area contributed by atoms with E-state index in [1.54, 1.807) is 6.07 Å². The molecule has 0 fully saturated rings. The number of nitrogens with zero attached hydrogens (tertiary/aromatic N) is 1. The van der Waals surface area contributed by atoms with Crippen molar-refractivity contribution in [2.24, 2.45) is 17.6 Å². The topological polar surface area (TPSA) is 98.3 Å². The van der Waals surface area contributed by atoms with E-state index in [9.17, 15) is 14.9 Å². The molecule has 6 heteroatoms. The van der Waals surface area contributed by atoms with Gasteiger partial charge in [0.05, 0.1) is 10.8 Å². The van der Waals surface area contributed by atoms with Crippen LogP contribution in [0.2, 0.25) is 0 Å². The van der Waals surface area contributed by atoms with Gasteiger partial charge in [0.2, 0.25) is 5.91 Å². The van der Waals surface area contributed by atoms with E-state index in [2.05, 4.69) is 5.32 Å². The lowest BCUT2D eigenvalue weighted by atomic mass is 9.96. The monoisotopic (exact) mass is 265 g/mol. The van der Waals surface area contributed by atoms with Crippen molar-refractivity contribution >= 4 is 17.3 Å². The maximum absolute atomic E-state index is 12.0. The summed E-state index contributed by atoms with van der Waals surface area (Å²) in [5, 5.41) is 13.3. The number of hydrogen-bond donors (Lipinski definition) is 2. The molecule has 19 heavy (non-hydrogen) atoms. The van der Waals surface area contributed by atoms with Crippen LogP contribution in [-0.2, 0) is 4.79 Å². The maximum atomic E-state index is 12.0. The molecule has 0 radical (unpaired) electrons. The second kappa shape index (κ2) is 6.84. The van der Waals surface area contributed by atoms with E-state index >= 15 is 0 Å². The molecule has 1 rings (SSSR count). The average Bonchev–Trinajstić information content (AvgIpc) is 2.35. The highest BCUT2D eigenvalue weighted by Crippen LogP contribution is 2.19. The number of hydrogen-bond acceptors (Lipinski definition) is 4. The number of non-ortho nitro benzene ring substituents is 1. The van der Waals surface area contributed by atoms with Crippen LogP contribution in [0.1, 0.15) is 20.3 Å². The zero-order valence-electron chi connectivity index (χ0n) is 11.1. The van der Waals surface area contributed by atoms with Crippen LogP contribution >= 0.6 is 0 Å². The molecule has 0 spiro atoms. The molecule has 6 nitrogen and oxygen atoms in total. The van der Waals surface area contributed by atoms with Crippen LogP contribution in [0, 0.1) is 22.0 Å². The highest BCUT2D eigenvalue weighted by Gasteiger charge is 2.18. The van der Waals surface area contributed by atoms with Crippen LogP contribution in [0.25, 0.3) is 0 Å². The van der Waals surface area contributed by atoms with Crippen molar-refractivity contribution in [2.75, 3.05) is 11.9 Å². The molecule has 0 aliphatic carbocycles. The van der Waals surface area contributed by atoms with Crippen molar-refractivity contribution in [1.29, 1.82) is 0 Å². The fourth-order valence-corrected chi connectivity index (χ4v) is 1.82. The van der Waals surface area contributed by atoms with Crippen LogP contribution in [0.4, 0.5) is 11.4 Å². The third kappa shape index (κ3) is 4.67. The number of anilines is 1. The Morgan fingerprint density at radius 1 is 1.47 bits per heavy atom. The number of amides is 1. The first kappa shape index (κ1) is 15.1. The number of nitro benzene ring substituents is 1. The smallest absolute Gasteiger partial charge is 0.271 e. The molecule has 0 aliphatic heterocycles.